The van der Waals surface area contributed by atoms with Gasteiger partial charge in [-0.15, -0.1) is 0 Å². The van der Waals surface area contributed by atoms with E-state index in [2.05, 4.69) is 17.6 Å². The number of amides is 2. The van der Waals surface area contributed by atoms with E-state index in [0.29, 0.717) is 72.7 Å². The maximum Gasteiger partial charge on any atom is 0.252 e. The van der Waals surface area contributed by atoms with Gasteiger partial charge in [-0.2, -0.15) is 0 Å². The lowest BCUT2D eigenvalue weighted by atomic mass is 10.2. The number of aliphatic hydroxyl groups excluding tert-OH is 2. The van der Waals surface area contributed by atoms with Crippen molar-refractivity contribution in [2.45, 2.75) is 38.9 Å². The van der Waals surface area contributed by atoms with Crippen LogP contribution in [0.1, 0.15) is 26.7 Å². The van der Waals surface area contributed by atoms with Gasteiger partial charge in [-0.25, -0.2) is 0 Å². The smallest absolute Gasteiger partial charge is 0.252 e. The molecule has 220 valence electrons. The van der Waals surface area contributed by atoms with Gasteiger partial charge in [0.1, 0.15) is 0 Å². The first-order valence-electron chi connectivity index (χ1n) is 13.0. The Kier molecular flexibility index (Phi) is 26.6. The fourth-order valence-corrected chi connectivity index (χ4v) is 2.58. The molecule has 37 heavy (non-hydrogen) atoms. The van der Waals surface area contributed by atoms with Crippen LogP contribution in [0.4, 0.5) is 0 Å². The largest absolute Gasteiger partial charge is 0.380 e. The van der Waals surface area contributed by atoms with Crippen LogP contribution in [0.25, 0.3) is 0 Å². The molecule has 0 aliphatic heterocycles. The molecule has 0 saturated carbocycles. The summed E-state index contributed by atoms with van der Waals surface area (Å²) in [6, 6.07) is 0. The Balaban J connectivity index is 3.43. The van der Waals surface area contributed by atoms with E-state index < -0.39 is 24.0 Å². The molecule has 2 amide bonds. The summed E-state index contributed by atoms with van der Waals surface area (Å²) in [4.78, 5) is 23.6. The van der Waals surface area contributed by atoms with E-state index >= 15 is 0 Å². The number of aliphatic hydroxyl groups is 2. The summed E-state index contributed by atoms with van der Waals surface area (Å²) in [5, 5.41) is 24.4. The molecular weight excluding hydrogens is 492 g/mol. The molecule has 0 aliphatic rings. The number of rotatable bonds is 28. The first-order chi connectivity index (χ1) is 18.0. The van der Waals surface area contributed by atoms with Crippen molar-refractivity contribution in [3.05, 3.63) is 0 Å². The van der Waals surface area contributed by atoms with Crippen LogP contribution in [0.15, 0.2) is 0 Å². The Hall–Kier alpha value is -1.42. The molecule has 0 aromatic rings. The summed E-state index contributed by atoms with van der Waals surface area (Å²) in [6.45, 7) is 10.8. The molecular formula is C24H48N2O11. The van der Waals surface area contributed by atoms with E-state index in [0.717, 1.165) is 19.4 Å². The van der Waals surface area contributed by atoms with Crippen LogP contribution in [0, 0.1) is 0 Å². The van der Waals surface area contributed by atoms with Crippen molar-refractivity contribution in [3.63, 3.8) is 0 Å². The number of hydrogen-bond donors (Lipinski definition) is 4. The zero-order valence-electron chi connectivity index (χ0n) is 22.5. The Labute approximate surface area is 220 Å². The highest BCUT2D eigenvalue weighted by atomic mass is 16.6. The van der Waals surface area contributed by atoms with Crippen LogP contribution in [-0.2, 0) is 42.7 Å². The van der Waals surface area contributed by atoms with E-state index in [1.807, 2.05) is 6.92 Å². The fraction of sp³-hybridized carbons (Fsp3) is 0.917. The third-order valence-electron chi connectivity index (χ3n) is 4.48. The summed E-state index contributed by atoms with van der Waals surface area (Å²) in [5.41, 5.74) is 0. The third kappa shape index (κ3) is 23.4. The zero-order chi connectivity index (χ0) is 27.4. The number of ether oxygens (including phenoxy) is 7. The second kappa shape index (κ2) is 27.6. The maximum atomic E-state index is 11.9. The van der Waals surface area contributed by atoms with E-state index in [9.17, 15) is 19.8 Å². The molecule has 0 saturated heterocycles. The van der Waals surface area contributed by atoms with Crippen molar-refractivity contribution in [3.8, 4) is 0 Å². The lowest BCUT2D eigenvalue weighted by molar-refractivity contribution is -0.146. The molecule has 0 spiro atoms. The van der Waals surface area contributed by atoms with Gasteiger partial charge in [-0.3, -0.25) is 9.59 Å². The molecule has 2 atom stereocenters. The maximum absolute atomic E-state index is 11.9. The van der Waals surface area contributed by atoms with Gasteiger partial charge in [0.25, 0.3) is 11.8 Å². The lowest BCUT2D eigenvalue weighted by Gasteiger charge is -2.17. The van der Waals surface area contributed by atoms with Crippen molar-refractivity contribution in [2.75, 3.05) is 106 Å². The average molecular weight is 541 g/mol. The molecule has 0 bridgehead atoms. The highest BCUT2D eigenvalue weighted by Gasteiger charge is 2.29. The minimum absolute atomic E-state index is 0.107. The number of carbonyl (C=O) groups is 2. The monoisotopic (exact) mass is 540 g/mol. The normalized spacial score (nSPS) is 12.9. The number of nitrogens with one attached hydrogen (secondary N) is 2. The van der Waals surface area contributed by atoms with Crippen LogP contribution in [0.3, 0.4) is 0 Å². The van der Waals surface area contributed by atoms with Crippen LogP contribution >= 0.6 is 0 Å². The van der Waals surface area contributed by atoms with Crippen molar-refractivity contribution < 1.29 is 53.0 Å². The first-order valence-corrected chi connectivity index (χ1v) is 13.0. The number of carbonyl (C=O) groups excluding carboxylic acids is 2. The molecule has 4 N–H and O–H groups in total. The minimum Gasteiger partial charge on any atom is -0.380 e. The highest BCUT2D eigenvalue weighted by Crippen LogP contribution is 1.95. The summed E-state index contributed by atoms with van der Waals surface area (Å²) >= 11 is 0. The molecule has 0 radical (unpaired) electrons. The second-order valence-corrected chi connectivity index (χ2v) is 7.76. The third-order valence-corrected chi connectivity index (χ3v) is 4.48. The predicted octanol–water partition coefficient (Wildman–Crippen LogP) is -1.12. The van der Waals surface area contributed by atoms with Gasteiger partial charge in [0.15, 0.2) is 12.2 Å². The first kappa shape index (κ1) is 35.6. The van der Waals surface area contributed by atoms with Gasteiger partial charge in [-0.1, -0.05) is 13.8 Å². The fourth-order valence-electron chi connectivity index (χ4n) is 2.58. The molecule has 0 aliphatic carbocycles. The Morgan fingerprint density at radius 3 is 1.03 bits per heavy atom. The van der Waals surface area contributed by atoms with E-state index in [1.165, 1.54) is 0 Å². The topological polar surface area (TPSA) is 163 Å². The molecule has 13 heteroatoms. The Bertz CT molecular complexity index is 529. The van der Waals surface area contributed by atoms with Crippen molar-refractivity contribution >= 4 is 11.8 Å². The standard InChI is InChI=1S/C24H48N2O11/c1-3-7-31-9-5-25-23(29)21(27)22(28)24(30)26-6-10-33-12-14-35-16-18-37-20-19-36-17-15-34-13-11-32-8-4-2/h21-22,27-28H,3-20H2,1-2H3,(H,25,29)(H,26,30). The van der Waals surface area contributed by atoms with Gasteiger partial charge in [0, 0.05) is 26.3 Å². The van der Waals surface area contributed by atoms with E-state index in [1.54, 1.807) is 0 Å². The van der Waals surface area contributed by atoms with Crippen LogP contribution < -0.4 is 10.6 Å². The van der Waals surface area contributed by atoms with E-state index in [-0.39, 0.29) is 26.3 Å². The lowest BCUT2D eigenvalue weighted by Crippen LogP contribution is -2.50. The Morgan fingerprint density at radius 1 is 0.486 bits per heavy atom. The summed E-state index contributed by atoms with van der Waals surface area (Å²) < 4.78 is 37.3. The van der Waals surface area contributed by atoms with Gasteiger partial charge in [0.2, 0.25) is 0 Å². The zero-order valence-corrected chi connectivity index (χ0v) is 22.5. The van der Waals surface area contributed by atoms with Gasteiger partial charge >= 0.3 is 0 Å². The predicted molar refractivity (Wildman–Crippen MR) is 134 cm³/mol. The molecule has 13 nitrogen and oxygen atoms in total. The molecule has 0 aromatic heterocycles. The van der Waals surface area contributed by atoms with Gasteiger partial charge < -0.3 is 54.0 Å². The average Bonchev–Trinajstić information content (AvgIpc) is 2.90. The van der Waals surface area contributed by atoms with Crippen LogP contribution in [0.5, 0.6) is 0 Å². The molecule has 0 fully saturated rings. The number of hydrogen-bond acceptors (Lipinski definition) is 11. The van der Waals surface area contributed by atoms with Crippen molar-refractivity contribution in [2.24, 2.45) is 0 Å². The van der Waals surface area contributed by atoms with E-state index in [4.69, 9.17) is 33.2 Å². The van der Waals surface area contributed by atoms with Crippen molar-refractivity contribution in [1.82, 2.24) is 10.6 Å². The van der Waals surface area contributed by atoms with Gasteiger partial charge in [0.05, 0.1) is 79.3 Å². The minimum atomic E-state index is -1.88. The van der Waals surface area contributed by atoms with Crippen molar-refractivity contribution in [1.29, 1.82) is 0 Å². The molecule has 2 unspecified atom stereocenters. The van der Waals surface area contributed by atoms with Gasteiger partial charge in [-0.05, 0) is 12.8 Å². The highest BCUT2D eigenvalue weighted by molar-refractivity contribution is 5.90. The summed E-state index contributed by atoms with van der Waals surface area (Å²) in [5.74, 6) is -1.71. The Morgan fingerprint density at radius 2 is 0.730 bits per heavy atom. The van der Waals surface area contributed by atoms with Crippen LogP contribution in [0.2, 0.25) is 0 Å². The van der Waals surface area contributed by atoms with Crippen LogP contribution in [-0.4, -0.2) is 140 Å². The summed E-state index contributed by atoms with van der Waals surface area (Å²) in [7, 11) is 0. The summed E-state index contributed by atoms with van der Waals surface area (Å²) in [6.07, 6.45) is -1.90. The quantitative estimate of drug-likeness (QED) is 0.0889. The second-order valence-electron chi connectivity index (χ2n) is 7.76. The molecule has 0 aromatic carbocycles. The molecule has 0 heterocycles. The molecule has 0 rings (SSSR count). The SMILES string of the molecule is CCCOCCNC(=O)C(O)C(O)C(=O)NCCOCCOCCOCCOCCOCCOCCC.